The van der Waals surface area contributed by atoms with Crippen LogP contribution in [0, 0.1) is 5.92 Å². The molecular weight excluding hydrogens is 162 g/mol. The van der Waals surface area contributed by atoms with Gasteiger partial charge in [-0.25, -0.2) is 0 Å². The van der Waals surface area contributed by atoms with E-state index in [0.717, 1.165) is 17.9 Å². The third kappa shape index (κ3) is 2.71. The molecule has 0 aromatic rings. The fraction of sp³-hybridized carbons (Fsp3) is 0.857. The number of hydrogen-bond donors (Lipinski definition) is 2. The molecule has 3 nitrogen and oxygen atoms in total. The molecule has 0 aliphatic carbocycles. The van der Waals surface area contributed by atoms with Crippen LogP contribution in [0.4, 0.5) is 0 Å². The zero-order valence-electron chi connectivity index (χ0n) is 6.32. The molecule has 1 aliphatic heterocycles. The second-order valence-electron chi connectivity index (χ2n) is 2.91. The molecule has 0 aromatic carbocycles. The Balaban J connectivity index is 2.23. The highest BCUT2D eigenvalue weighted by Gasteiger charge is 2.21. The topological polar surface area (TPSA) is 63.3 Å². The van der Waals surface area contributed by atoms with E-state index < -0.39 is 12.0 Å². The van der Waals surface area contributed by atoms with Gasteiger partial charge in [0.2, 0.25) is 0 Å². The molecule has 64 valence electrons. The molecule has 2 atom stereocenters. The number of nitrogens with two attached hydrogens (primary N) is 1. The van der Waals surface area contributed by atoms with E-state index in [-0.39, 0.29) is 0 Å². The molecule has 1 rings (SSSR count). The van der Waals surface area contributed by atoms with Crippen LogP contribution < -0.4 is 5.73 Å². The second kappa shape index (κ2) is 3.97. The summed E-state index contributed by atoms with van der Waals surface area (Å²) in [4.78, 5) is 10.4. The summed E-state index contributed by atoms with van der Waals surface area (Å²) in [5.41, 5.74) is 5.39. The van der Waals surface area contributed by atoms with Crippen LogP contribution in [0.3, 0.4) is 0 Å². The largest absolute Gasteiger partial charge is 0.480 e. The van der Waals surface area contributed by atoms with E-state index in [1.807, 2.05) is 11.8 Å². The van der Waals surface area contributed by atoms with Crippen LogP contribution in [0.1, 0.15) is 12.8 Å². The smallest absolute Gasteiger partial charge is 0.320 e. The highest BCUT2D eigenvalue weighted by molar-refractivity contribution is 7.99. The standard InChI is InChI=1S/C7H13NO2S/c8-6(7(9)10)3-5-1-2-11-4-5/h5-6H,1-4,8H2,(H,9,10). The number of carboxylic acids is 1. The van der Waals surface area contributed by atoms with Crippen LogP contribution in [-0.2, 0) is 4.79 Å². The van der Waals surface area contributed by atoms with Crippen molar-refractivity contribution >= 4 is 17.7 Å². The van der Waals surface area contributed by atoms with E-state index in [2.05, 4.69) is 0 Å². The monoisotopic (exact) mass is 175 g/mol. The molecule has 2 unspecified atom stereocenters. The Morgan fingerprint density at radius 1 is 1.82 bits per heavy atom. The van der Waals surface area contributed by atoms with Crippen LogP contribution in [0.5, 0.6) is 0 Å². The molecule has 0 spiro atoms. The van der Waals surface area contributed by atoms with E-state index in [0.29, 0.717) is 12.3 Å². The Kier molecular flexibility index (Phi) is 3.20. The maximum atomic E-state index is 10.4. The van der Waals surface area contributed by atoms with Crippen molar-refractivity contribution in [3.63, 3.8) is 0 Å². The van der Waals surface area contributed by atoms with Gasteiger partial charge in [-0.1, -0.05) is 0 Å². The summed E-state index contributed by atoms with van der Waals surface area (Å²) < 4.78 is 0. The SMILES string of the molecule is NC(CC1CCSC1)C(=O)O. The lowest BCUT2D eigenvalue weighted by atomic mass is 10.0. The molecule has 1 fully saturated rings. The first kappa shape index (κ1) is 8.87. The molecule has 0 radical (unpaired) electrons. The van der Waals surface area contributed by atoms with Crippen molar-refractivity contribution in [1.29, 1.82) is 0 Å². The average molecular weight is 175 g/mol. The van der Waals surface area contributed by atoms with Crippen molar-refractivity contribution < 1.29 is 9.90 Å². The van der Waals surface area contributed by atoms with Gasteiger partial charge in [0.05, 0.1) is 0 Å². The Hall–Kier alpha value is -0.220. The van der Waals surface area contributed by atoms with Gasteiger partial charge >= 0.3 is 5.97 Å². The summed E-state index contributed by atoms with van der Waals surface area (Å²) in [6.45, 7) is 0. The fourth-order valence-electron chi connectivity index (χ4n) is 1.23. The minimum Gasteiger partial charge on any atom is -0.480 e. The normalized spacial score (nSPS) is 26.8. The Morgan fingerprint density at radius 3 is 3.00 bits per heavy atom. The second-order valence-corrected chi connectivity index (χ2v) is 4.06. The van der Waals surface area contributed by atoms with Crippen molar-refractivity contribution in [2.45, 2.75) is 18.9 Å². The Labute approximate surface area is 70.3 Å². The van der Waals surface area contributed by atoms with Crippen LogP contribution in [0.15, 0.2) is 0 Å². The van der Waals surface area contributed by atoms with Crippen LogP contribution in [-0.4, -0.2) is 28.6 Å². The summed E-state index contributed by atoms with van der Waals surface area (Å²) in [5, 5.41) is 8.51. The van der Waals surface area contributed by atoms with Crippen molar-refractivity contribution in [1.82, 2.24) is 0 Å². The molecular formula is C7H13NO2S. The summed E-state index contributed by atoms with van der Waals surface area (Å²) in [5.74, 6) is 1.91. The van der Waals surface area contributed by atoms with Gasteiger partial charge in [0, 0.05) is 0 Å². The molecule has 0 saturated carbocycles. The summed E-state index contributed by atoms with van der Waals surface area (Å²) in [6.07, 6.45) is 1.77. The zero-order valence-corrected chi connectivity index (χ0v) is 7.14. The molecule has 4 heteroatoms. The third-order valence-electron chi connectivity index (χ3n) is 1.93. The molecule has 0 amide bonds. The summed E-state index contributed by atoms with van der Waals surface area (Å²) in [6, 6.07) is -0.654. The molecule has 1 saturated heterocycles. The fourth-order valence-corrected chi connectivity index (χ4v) is 2.53. The van der Waals surface area contributed by atoms with Gasteiger partial charge in [-0.05, 0) is 30.3 Å². The van der Waals surface area contributed by atoms with E-state index >= 15 is 0 Å². The van der Waals surface area contributed by atoms with Gasteiger partial charge in [-0.3, -0.25) is 4.79 Å². The number of thioether (sulfide) groups is 1. The number of carbonyl (C=O) groups is 1. The van der Waals surface area contributed by atoms with Crippen molar-refractivity contribution in [3.8, 4) is 0 Å². The highest BCUT2D eigenvalue weighted by atomic mass is 32.2. The third-order valence-corrected chi connectivity index (χ3v) is 3.16. The molecule has 0 bridgehead atoms. The zero-order chi connectivity index (χ0) is 8.27. The van der Waals surface area contributed by atoms with Crippen LogP contribution in [0.2, 0.25) is 0 Å². The Bertz CT molecular complexity index is 145. The summed E-state index contributed by atoms with van der Waals surface area (Å²) >= 11 is 1.89. The average Bonchev–Trinajstić information content (AvgIpc) is 2.39. The van der Waals surface area contributed by atoms with Gasteiger partial charge in [-0.2, -0.15) is 11.8 Å². The quantitative estimate of drug-likeness (QED) is 0.657. The lowest BCUT2D eigenvalue weighted by molar-refractivity contribution is -0.138. The van der Waals surface area contributed by atoms with Crippen molar-refractivity contribution in [2.24, 2.45) is 11.7 Å². The maximum absolute atomic E-state index is 10.4. The predicted molar refractivity (Wildman–Crippen MR) is 45.7 cm³/mol. The number of hydrogen-bond acceptors (Lipinski definition) is 3. The first-order valence-corrected chi connectivity index (χ1v) is 4.91. The van der Waals surface area contributed by atoms with Gasteiger partial charge < -0.3 is 10.8 Å². The molecule has 0 aromatic heterocycles. The van der Waals surface area contributed by atoms with E-state index in [1.165, 1.54) is 0 Å². The van der Waals surface area contributed by atoms with Crippen molar-refractivity contribution in [3.05, 3.63) is 0 Å². The van der Waals surface area contributed by atoms with Gasteiger partial charge in [0.1, 0.15) is 6.04 Å². The maximum Gasteiger partial charge on any atom is 0.320 e. The first-order valence-electron chi connectivity index (χ1n) is 3.76. The lowest BCUT2D eigenvalue weighted by Crippen LogP contribution is -2.32. The molecule has 11 heavy (non-hydrogen) atoms. The first-order chi connectivity index (χ1) is 5.20. The van der Waals surface area contributed by atoms with E-state index in [4.69, 9.17) is 10.8 Å². The lowest BCUT2D eigenvalue weighted by Gasteiger charge is -2.10. The molecule has 1 aliphatic rings. The van der Waals surface area contributed by atoms with Crippen molar-refractivity contribution in [2.75, 3.05) is 11.5 Å². The highest BCUT2D eigenvalue weighted by Crippen LogP contribution is 2.26. The minimum atomic E-state index is -0.873. The van der Waals surface area contributed by atoms with Gasteiger partial charge in [0.25, 0.3) is 0 Å². The number of rotatable bonds is 3. The van der Waals surface area contributed by atoms with Crippen LogP contribution in [0.25, 0.3) is 0 Å². The van der Waals surface area contributed by atoms with Gasteiger partial charge in [-0.15, -0.1) is 0 Å². The van der Waals surface area contributed by atoms with E-state index in [1.54, 1.807) is 0 Å². The Morgan fingerprint density at radius 2 is 2.55 bits per heavy atom. The molecule has 3 N–H and O–H groups in total. The van der Waals surface area contributed by atoms with E-state index in [9.17, 15) is 4.79 Å². The predicted octanol–water partition coefficient (Wildman–Crippen LogP) is 0.542. The van der Waals surface area contributed by atoms with Crippen LogP contribution >= 0.6 is 11.8 Å². The summed E-state index contributed by atoms with van der Waals surface area (Å²) in [7, 11) is 0. The van der Waals surface area contributed by atoms with Gasteiger partial charge in [0.15, 0.2) is 0 Å². The number of carboxylic acid groups (broad SMARTS) is 1. The minimum absolute atomic E-state index is 0.533. The molecule has 1 heterocycles. The number of aliphatic carboxylic acids is 1.